The van der Waals surface area contributed by atoms with Crippen LogP contribution >= 0.6 is 0 Å². The predicted molar refractivity (Wildman–Crippen MR) is 92.7 cm³/mol. The summed E-state index contributed by atoms with van der Waals surface area (Å²) < 4.78 is 6.21. The van der Waals surface area contributed by atoms with E-state index < -0.39 is 0 Å². The lowest BCUT2D eigenvalue weighted by atomic mass is 10.0. The highest BCUT2D eigenvalue weighted by molar-refractivity contribution is 5.69. The molecule has 2 saturated heterocycles. The molecule has 2 bridgehead atoms. The Balaban J connectivity index is 1.65. The summed E-state index contributed by atoms with van der Waals surface area (Å²) in [5.41, 5.74) is 2.32. The van der Waals surface area contributed by atoms with Gasteiger partial charge in [-0.15, -0.1) is 0 Å². The number of ether oxygens (including phenoxy) is 1. The van der Waals surface area contributed by atoms with Gasteiger partial charge < -0.3 is 10.1 Å². The first-order chi connectivity index (χ1) is 12.2. The van der Waals surface area contributed by atoms with Crippen LogP contribution in [0.5, 0.6) is 5.75 Å². The molecule has 2 aliphatic rings. The number of nitriles is 2. The lowest BCUT2D eigenvalue weighted by Gasteiger charge is -2.29. The molecule has 1 aromatic carbocycles. The summed E-state index contributed by atoms with van der Waals surface area (Å²) in [7, 11) is 0. The number of nitrogens with one attached hydrogen (secondary N) is 1. The molecule has 2 atom stereocenters. The van der Waals surface area contributed by atoms with Crippen LogP contribution < -0.4 is 10.1 Å². The third kappa shape index (κ3) is 3.20. The van der Waals surface area contributed by atoms with Gasteiger partial charge in [0.05, 0.1) is 22.9 Å². The molecule has 4 rings (SSSR count). The zero-order valence-corrected chi connectivity index (χ0v) is 13.8. The van der Waals surface area contributed by atoms with Crippen LogP contribution in [0.4, 0.5) is 0 Å². The highest BCUT2D eigenvalue weighted by atomic mass is 16.5. The van der Waals surface area contributed by atoms with E-state index in [4.69, 9.17) is 4.74 Å². The molecule has 2 unspecified atom stereocenters. The minimum Gasteiger partial charge on any atom is -0.490 e. The molecule has 3 heterocycles. The number of hydrogen-bond acceptors (Lipinski definition) is 5. The van der Waals surface area contributed by atoms with E-state index in [2.05, 4.69) is 22.4 Å². The molecule has 0 aliphatic carbocycles. The average molecular weight is 330 g/mol. The lowest BCUT2D eigenvalue weighted by Crippen LogP contribution is -2.42. The molecule has 2 aromatic rings. The Kier molecular flexibility index (Phi) is 4.09. The maximum Gasteiger partial charge on any atom is 0.121 e. The number of aromatic nitrogens is 1. The molecule has 5 nitrogen and oxygen atoms in total. The van der Waals surface area contributed by atoms with Gasteiger partial charge in [-0.2, -0.15) is 10.5 Å². The third-order valence-electron chi connectivity index (χ3n) is 4.97. The Labute approximate surface area is 146 Å². The van der Waals surface area contributed by atoms with Gasteiger partial charge in [-0.05, 0) is 56.0 Å². The maximum atomic E-state index is 9.36. The standard InChI is InChI=1S/C20H18N4O/c21-11-13-6-15(20-14(12-22)2-1-5-23-20)8-18(7-13)25-19-9-16-3-4-17(10-19)24-16/h1-2,5-8,16-17,19,24H,3-4,9-10H2. The van der Waals surface area contributed by atoms with Crippen molar-refractivity contribution in [3.8, 4) is 29.1 Å². The monoisotopic (exact) mass is 330 g/mol. The first-order valence-corrected chi connectivity index (χ1v) is 8.58. The Hall–Kier alpha value is -2.89. The second-order valence-electron chi connectivity index (χ2n) is 6.72. The van der Waals surface area contributed by atoms with Crippen LogP contribution in [0.15, 0.2) is 36.5 Å². The molecule has 0 amide bonds. The van der Waals surface area contributed by atoms with Crippen molar-refractivity contribution in [2.45, 2.75) is 43.9 Å². The smallest absolute Gasteiger partial charge is 0.121 e. The van der Waals surface area contributed by atoms with E-state index in [1.165, 1.54) is 12.8 Å². The summed E-state index contributed by atoms with van der Waals surface area (Å²) in [6.07, 6.45) is 6.24. The number of benzene rings is 1. The topological polar surface area (TPSA) is 81.7 Å². The van der Waals surface area contributed by atoms with Gasteiger partial charge in [0.2, 0.25) is 0 Å². The number of nitrogens with zero attached hydrogens (tertiary/aromatic N) is 3. The summed E-state index contributed by atoms with van der Waals surface area (Å²) in [4.78, 5) is 4.32. The van der Waals surface area contributed by atoms with Crippen LogP contribution in [0.25, 0.3) is 11.3 Å². The van der Waals surface area contributed by atoms with Crippen molar-refractivity contribution in [1.82, 2.24) is 10.3 Å². The first kappa shape index (κ1) is 15.6. The van der Waals surface area contributed by atoms with Crippen LogP contribution in [-0.2, 0) is 0 Å². The molecule has 1 N–H and O–H groups in total. The van der Waals surface area contributed by atoms with Gasteiger partial charge in [0, 0.05) is 23.8 Å². The van der Waals surface area contributed by atoms with Crippen molar-refractivity contribution in [2.24, 2.45) is 0 Å². The molecule has 25 heavy (non-hydrogen) atoms. The zero-order valence-electron chi connectivity index (χ0n) is 13.8. The van der Waals surface area contributed by atoms with Crippen LogP contribution in [0.1, 0.15) is 36.8 Å². The number of pyridine rings is 1. The molecular formula is C20H18N4O. The summed E-state index contributed by atoms with van der Waals surface area (Å²) in [5.74, 6) is 0.676. The number of piperidine rings is 1. The molecule has 0 radical (unpaired) electrons. The van der Waals surface area contributed by atoms with Gasteiger partial charge in [-0.25, -0.2) is 0 Å². The van der Waals surface area contributed by atoms with Crippen LogP contribution in [0.3, 0.4) is 0 Å². The molecule has 2 aliphatic heterocycles. The van der Waals surface area contributed by atoms with Gasteiger partial charge in [0.15, 0.2) is 0 Å². The van der Waals surface area contributed by atoms with E-state index in [0.29, 0.717) is 34.7 Å². The fourth-order valence-corrected chi connectivity index (χ4v) is 3.89. The van der Waals surface area contributed by atoms with Gasteiger partial charge >= 0.3 is 0 Å². The molecule has 2 fully saturated rings. The molecule has 0 saturated carbocycles. The Morgan fingerprint density at radius 2 is 1.88 bits per heavy atom. The van der Waals surface area contributed by atoms with Crippen molar-refractivity contribution in [3.63, 3.8) is 0 Å². The Morgan fingerprint density at radius 1 is 1.08 bits per heavy atom. The Morgan fingerprint density at radius 3 is 2.60 bits per heavy atom. The zero-order chi connectivity index (χ0) is 17.2. The number of rotatable bonds is 3. The van der Waals surface area contributed by atoms with Gasteiger partial charge in [0.1, 0.15) is 17.9 Å². The summed E-state index contributed by atoms with van der Waals surface area (Å²) in [5, 5.41) is 22.3. The van der Waals surface area contributed by atoms with E-state index >= 15 is 0 Å². The number of fused-ring (bicyclic) bond motifs is 2. The fourth-order valence-electron chi connectivity index (χ4n) is 3.89. The van der Waals surface area contributed by atoms with E-state index in [0.717, 1.165) is 18.4 Å². The van der Waals surface area contributed by atoms with Crippen molar-refractivity contribution < 1.29 is 4.74 Å². The highest BCUT2D eigenvalue weighted by Gasteiger charge is 2.34. The van der Waals surface area contributed by atoms with E-state index in [1.54, 1.807) is 30.5 Å². The molecular weight excluding hydrogens is 312 g/mol. The second kappa shape index (κ2) is 6.55. The van der Waals surface area contributed by atoms with Gasteiger partial charge in [-0.1, -0.05) is 0 Å². The van der Waals surface area contributed by atoms with E-state index in [-0.39, 0.29) is 6.10 Å². The van der Waals surface area contributed by atoms with Crippen molar-refractivity contribution in [3.05, 3.63) is 47.7 Å². The van der Waals surface area contributed by atoms with E-state index in [1.807, 2.05) is 6.07 Å². The summed E-state index contributed by atoms with van der Waals surface area (Å²) in [6.45, 7) is 0. The molecule has 5 heteroatoms. The summed E-state index contributed by atoms with van der Waals surface area (Å²) in [6, 6.07) is 14.3. The maximum absolute atomic E-state index is 9.36. The predicted octanol–water partition coefficient (Wildman–Crippen LogP) is 3.15. The molecule has 124 valence electrons. The molecule has 0 spiro atoms. The minimum atomic E-state index is 0.166. The van der Waals surface area contributed by atoms with Crippen molar-refractivity contribution in [1.29, 1.82) is 10.5 Å². The van der Waals surface area contributed by atoms with Gasteiger partial charge in [0.25, 0.3) is 0 Å². The third-order valence-corrected chi connectivity index (χ3v) is 4.97. The minimum absolute atomic E-state index is 0.166. The molecule has 1 aromatic heterocycles. The van der Waals surface area contributed by atoms with Crippen LogP contribution in [0, 0.1) is 22.7 Å². The van der Waals surface area contributed by atoms with Crippen molar-refractivity contribution in [2.75, 3.05) is 0 Å². The lowest BCUT2D eigenvalue weighted by molar-refractivity contribution is 0.137. The SMILES string of the molecule is N#Cc1cc(OC2CC3CCC(C2)N3)cc(-c2ncccc2C#N)c1. The largest absolute Gasteiger partial charge is 0.490 e. The van der Waals surface area contributed by atoms with Crippen LogP contribution in [-0.4, -0.2) is 23.2 Å². The Bertz CT molecular complexity index is 868. The highest BCUT2D eigenvalue weighted by Crippen LogP contribution is 2.32. The fraction of sp³-hybridized carbons (Fsp3) is 0.350. The van der Waals surface area contributed by atoms with Gasteiger partial charge in [-0.3, -0.25) is 4.98 Å². The quantitative estimate of drug-likeness (QED) is 0.935. The first-order valence-electron chi connectivity index (χ1n) is 8.58. The number of hydrogen-bond donors (Lipinski definition) is 1. The second-order valence-corrected chi connectivity index (χ2v) is 6.72. The summed E-state index contributed by atoms with van der Waals surface area (Å²) >= 11 is 0. The van der Waals surface area contributed by atoms with E-state index in [9.17, 15) is 10.5 Å². The normalized spacial score (nSPS) is 24.3. The van der Waals surface area contributed by atoms with Crippen molar-refractivity contribution >= 4 is 0 Å². The average Bonchev–Trinajstić information content (AvgIpc) is 2.99. The van der Waals surface area contributed by atoms with Crippen LogP contribution in [0.2, 0.25) is 0 Å².